The molecule has 7 nitrogen and oxygen atoms in total. The summed E-state index contributed by atoms with van der Waals surface area (Å²) >= 11 is 6.28. The van der Waals surface area contributed by atoms with Crippen LogP contribution in [-0.4, -0.2) is 31.2 Å². The Hall–Kier alpha value is -3.32. The molecule has 0 saturated heterocycles. The van der Waals surface area contributed by atoms with E-state index in [-0.39, 0.29) is 11.6 Å². The normalized spacial score (nSPS) is 11.2. The van der Waals surface area contributed by atoms with Gasteiger partial charge in [0.05, 0.1) is 10.6 Å². The van der Waals surface area contributed by atoms with Gasteiger partial charge in [0.15, 0.2) is 5.65 Å². The number of carbonyl (C=O) groups is 1. The summed E-state index contributed by atoms with van der Waals surface area (Å²) in [5.74, 6) is -0.244. The Bertz CT molecular complexity index is 1260. The van der Waals surface area contributed by atoms with Crippen molar-refractivity contribution in [1.29, 1.82) is 0 Å². The second kappa shape index (κ2) is 8.20. The van der Waals surface area contributed by atoms with E-state index in [1.165, 1.54) is 9.08 Å². The van der Waals surface area contributed by atoms with Crippen LogP contribution in [0.4, 0.5) is 0 Å². The first-order chi connectivity index (χ1) is 14.5. The molecule has 154 valence electrons. The molecule has 1 aromatic carbocycles. The zero-order chi connectivity index (χ0) is 21.3. The lowest BCUT2D eigenvalue weighted by Gasteiger charge is -2.13. The van der Waals surface area contributed by atoms with E-state index in [9.17, 15) is 9.59 Å². The Balaban J connectivity index is 1.42. The first-order valence-electron chi connectivity index (χ1n) is 9.73. The lowest BCUT2D eigenvalue weighted by atomic mass is 10.1. The molecular weight excluding hydrogens is 402 g/mol. The molecule has 8 heteroatoms. The van der Waals surface area contributed by atoms with Crippen LogP contribution in [0.1, 0.15) is 28.2 Å². The lowest BCUT2D eigenvalue weighted by molar-refractivity contribution is 0.0952. The number of hydrogen-bond acceptors (Lipinski definition) is 3. The Labute approximate surface area is 178 Å². The summed E-state index contributed by atoms with van der Waals surface area (Å²) in [6, 6.07) is 14.9. The maximum absolute atomic E-state index is 12.7. The minimum Gasteiger partial charge on any atom is -0.352 e. The van der Waals surface area contributed by atoms with E-state index in [1.807, 2.05) is 38.1 Å². The molecule has 30 heavy (non-hydrogen) atoms. The van der Waals surface area contributed by atoms with Gasteiger partial charge in [0.2, 0.25) is 0 Å². The molecule has 0 bridgehead atoms. The second-order valence-electron chi connectivity index (χ2n) is 7.16. The molecule has 0 saturated carbocycles. The van der Waals surface area contributed by atoms with Crippen LogP contribution in [0.5, 0.6) is 0 Å². The fraction of sp³-hybridized carbons (Fsp3) is 0.227. The monoisotopic (exact) mass is 423 g/mol. The van der Waals surface area contributed by atoms with E-state index in [1.54, 1.807) is 30.5 Å². The summed E-state index contributed by atoms with van der Waals surface area (Å²) in [5.41, 5.74) is 3.89. The van der Waals surface area contributed by atoms with Crippen molar-refractivity contribution >= 4 is 23.2 Å². The number of benzene rings is 1. The van der Waals surface area contributed by atoms with Gasteiger partial charge in [-0.2, -0.15) is 0 Å². The molecule has 4 aromatic rings. The Morgan fingerprint density at radius 3 is 2.60 bits per heavy atom. The Kier molecular flexibility index (Phi) is 5.46. The van der Waals surface area contributed by atoms with Gasteiger partial charge in [-0.3, -0.25) is 9.20 Å². The molecule has 3 aromatic heterocycles. The van der Waals surface area contributed by atoms with E-state index in [4.69, 9.17) is 11.6 Å². The van der Waals surface area contributed by atoms with Crippen LogP contribution in [0.2, 0.25) is 5.02 Å². The van der Waals surface area contributed by atoms with Crippen LogP contribution in [0.15, 0.2) is 59.5 Å². The van der Waals surface area contributed by atoms with Gasteiger partial charge in [0.1, 0.15) is 0 Å². The highest BCUT2D eigenvalue weighted by atomic mass is 35.5. The smallest absolute Gasteiger partial charge is 0.350 e. The number of hydrogen-bond donors (Lipinski definition) is 1. The fourth-order valence-corrected chi connectivity index (χ4v) is 3.75. The Morgan fingerprint density at radius 1 is 1.10 bits per heavy atom. The molecule has 1 amide bonds. The number of carbonyl (C=O) groups excluding carboxylic acids is 1. The van der Waals surface area contributed by atoms with Crippen LogP contribution in [0.25, 0.3) is 11.3 Å². The molecule has 0 aliphatic carbocycles. The summed E-state index contributed by atoms with van der Waals surface area (Å²) in [4.78, 5) is 25.0. The molecular formula is C22H22ClN5O2. The molecule has 4 rings (SSSR count). The first kappa shape index (κ1) is 20.0. The van der Waals surface area contributed by atoms with Crippen LogP contribution in [-0.2, 0) is 6.54 Å². The number of fused-ring (bicyclic) bond motifs is 1. The predicted molar refractivity (Wildman–Crippen MR) is 117 cm³/mol. The van der Waals surface area contributed by atoms with Crippen molar-refractivity contribution in [2.24, 2.45) is 0 Å². The van der Waals surface area contributed by atoms with E-state index < -0.39 is 0 Å². The third-order valence-corrected chi connectivity index (χ3v) is 5.37. The van der Waals surface area contributed by atoms with Crippen molar-refractivity contribution in [3.05, 3.63) is 87.2 Å². The quantitative estimate of drug-likeness (QED) is 0.483. The number of nitrogens with zero attached hydrogens (tertiary/aromatic N) is 4. The van der Waals surface area contributed by atoms with E-state index in [2.05, 4.69) is 15.0 Å². The maximum Gasteiger partial charge on any atom is 0.350 e. The zero-order valence-electron chi connectivity index (χ0n) is 16.8. The lowest BCUT2D eigenvalue weighted by Crippen LogP contribution is -2.27. The van der Waals surface area contributed by atoms with Crippen LogP contribution < -0.4 is 11.0 Å². The highest BCUT2D eigenvalue weighted by Gasteiger charge is 2.13. The molecule has 0 radical (unpaired) electrons. The van der Waals surface area contributed by atoms with E-state index in [0.29, 0.717) is 35.7 Å². The standard InChI is InChI=1S/C22H22ClN5O2/c1-15-7-8-16(2)28(15)17-9-10-19(23)18(14-17)21(29)24-11-5-13-27-22(30)26-12-4-3-6-20(26)25-27/h3-4,6-10,12,14H,5,11,13H2,1-2H3,(H,24,29). The van der Waals surface area contributed by atoms with Crippen molar-refractivity contribution in [3.8, 4) is 5.69 Å². The van der Waals surface area contributed by atoms with Crippen molar-refractivity contribution < 1.29 is 4.79 Å². The molecule has 0 unspecified atom stereocenters. The number of aromatic nitrogens is 4. The van der Waals surface area contributed by atoms with Gasteiger partial charge in [-0.1, -0.05) is 17.7 Å². The summed E-state index contributed by atoms with van der Waals surface area (Å²) in [7, 11) is 0. The number of aryl methyl sites for hydroxylation is 3. The average molecular weight is 424 g/mol. The molecule has 0 aliphatic rings. The molecule has 0 atom stereocenters. The van der Waals surface area contributed by atoms with Crippen LogP contribution in [0.3, 0.4) is 0 Å². The largest absolute Gasteiger partial charge is 0.352 e. The van der Waals surface area contributed by atoms with Gasteiger partial charge in [-0.15, -0.1) is 5.10 Å². The summed E-state index contributed by atoms with van der Waals surface area (Å²) in [6.07, 6.45) is 2.26. The number of rotatable bonds is 6. The van der Waals surface area contributed by atoms with Gasteiger partial charge < -0.3 is 9.88 Å². The molecule has 0 aliphatic heterocycles. The van der Waals surface area contributed by atoms with Gasteiger partial charge in [-0.25, -0.2) is 9.48 Å². The van der Waals surface area contributed by atoms with Gasteiger partial charge in [-0.05, 0) is 62.7 Å². The summed E-state index contributed by atoms with van der Waals surface area (Å²) < 4.78 is 4.98. The topological polar surface area (TPSA) is 73.3 Å². The highest BCUT2D eigenvalue weighted by molar-refractivity contribution is 6.33. The van der Waals surface area contributed by atoms with Crippen molar-refractivity contribution in [3.63, 3.8) is 0 Å². The number of pyridine rings is 1. The van der Waals surface area contributed by atoms with Crippen molar-refractivity contribution in [1.82, 2.24) is 24.1 Å². The third-order valence-electron chi connectivity index (χ3n) is 5.04. The first-order valence-corrected chi connectivity index (χ1v) is 10.1. The minimum atomic E-state index is -0.244. The van der Waals surface area contributed by atoms with Gasteiger partial charge in [0.25, 0.3) is 5.91 Å². The fourth-order valence-electron chi connectivity index (χ4n) is 3.54. The second-order valence-corrected chi connectivity index (χ2v) is 7.57. The van der Waals surface area contributed by atoms with Crippen LogP contribution in [0, 0.1) is 13.8 Å². The molecule has 0 fully saturated rings. The summed E-state index contributed by atoms with van der Waals surface area (Å²) in [6.45, 7) is 4.85. The van der Waals surface area contributed by atoms with Crippen LogP contribution >= 0.6 is 11.6 Å². The van der Waals surface area contributed by atoms with E-state index >= 15 is 0 Å². The third kappa shape index (κ3) is 3.76. The number of amides is 1. The van der Waals surface area contributed by atoms with E-state index in [0.717, 1.165) is 17.1 Å². The van der Waals surface area contributed by atoms with Gasteiger partial charge in [0, 0.05) is 36.4 Å². The highest BCUT2D eigenvalue weighted by Crippen LogP contribution is 2.23. The molecule has 0 spiro atoms. The molecule has 3 heterocycles. The van der Waals surface area contributed by atoms with Crippen molar-refractivity contribution in [2.45, 2.75) is 26.8 Å². The van der Waals surface area contributed by atoms with Gasteiger partial charge >= 0.3 is 5.69 Å². The summed E-state index contributed by atoms with van der Waals surface area (Å²) in [5, 5.41) is 7.57. The van der Waals surface area contributed by atoms with Crippen molar-refractivity contribution in [2.75, 3.05) is 6.54 Å². The SMILES string of the molecule is Cc1ccc(C)n1-c1ccc(Cl)c(C(=O)NCCCn2nc3ccccn3c2=O)c1. The zero-order valence-corrected chi connectivity index (χ0v) is 17.6. The molecule has 1 N–H and O–H groups in total. The average Bonchev–Trinajstić information content (AvgIpc) is 3.24. The predicted octanol–water partition coefficient (Wildman–Crippen LogP) is 3.38. The Morgan fingerprint density at radius 2 is 1.87 bits per heavy atom. The number of nitrogens with one attached hydrogen (secondary N) is 1. The minimum absolute atomic E-state index is 0.190. The maximum atomic E-state index is 12.7. The number of halogens is 1.